The fraction of sp³-hybridized carbons (Fsp3) is 0.267. The van der Waals surface area contributed by atoms with Crippen LogP contribution >= 0.6 is 15.9 Å². The zero-order chi connectivity index (χ0) is 14.5. The van der Waals surface area contributed by atoms with Gasteiger partial charge in [0.2, 0.25) is 0 Å². The van der Waals surface area contributed by atoms with Crippen LogP contribution in [0.1, 0.15) is 30.6 Å². The molecule has 2 aromatic rings. The van der Waals surface area contributed by atoms with E-state index in [0.717, 1.165) is 6.42 Å². The van der Waals surface area contributed by atoms with Crippen LogP contribution in [0.15, 0.2) is 41.0 Å². The van der Waals surface area contributed by atoms with E-state index in [-0.39, 0.29) is 5.69 Å². The van der Waals surface area contributed by atoms with Crippen molar-refractivity contribution in [3.63, 3.8) is 0 Å². The Morgan fingerprint density at radius 2 is 2.05 bits per heavy atom. The topological polar surface area (TPSA) is 24.9 Å². The molecule has 1 aromatic carbocycles. The van der Waals surface area contributed by atoms with Gasteiger partial charge in [-0.2, -0.15) is 0 Å². The van der Waals surface area contributed by atoms with Crippen molar-refractivity contribution in [1.82, 2.24) is 10.3 Å². The summed E-state index contributed by atoms with van der Waals surface area (Å²) in [5.74, 6) is -0.841. The summed E-state index contributed by atoms with van der Waals surface area (Å²) in [7, 11) is 0. The van der Waals surface area contributed by atoms with Gasteiger partial charge in [-0.25, -0.2) is 8.78 Å². The van der Waals surface area contributed by atoms with Crippen LogP contribution in [0, 0.1) is 11.6 Å². The molecule has 1 aromatic heterocycles. The van der Waals surface area contributed by atoms with Gasteiger partial charge in [0.1, 0.15) is 11.6 Å². The highest BCUT2D eigenvalue weighted by Gasteiger charge is 2.22. The van der Waals surface area contributed by atoms with Crippen LogP contribution in [0.5, 0.6) is 0 Å². The SMILES string of the molecule is CCCNC(c1cccc(Br)c1F)c1ncccc1F. The predicted molar refractivity (Wildman–Crippen MR) is 78.4 cm³/mol. The van der Waals surface area contributed by atoms with E-state index in [1.807, 2.05) is 6.92 Å². The Labute approximate surface area is 125 Å². The van der Waals surface area contributed by atoms with Crippen molar-refractivity contribution in [2.45, 2.75) is 19.4 Å². The number of nitrogens with zero attached hydrogens (tertiary/aromatic N) is 1. The third kappa shape index (κ3) is 3.22. The van der Waals surface area contributed by atoms with E-state index in [2.05, 4.69) is 26.2 Å². The summed E-state index contributed by atoms with van der Waals surface area (Å²) in [4.78, 5) is 4.06. The molecule has 1 N–H and O–H groups in total. The molecule has 0 aliphatic rings. The van der Waals surface area contributed by atoms with Crippen molar-refractivity contribution in [3.05, 3.63) is 63.9 Å². The van der Waals surface area contributed by atoms with Crippen LogP contribution in [0.2, 0.25) is 0 Å². The van der Waals surface area contributed by atoms with Crippen LogP contribution in [-0.2, 0) is 0 Å². The first-order valence-electron chi connectivity index (χ1n) is 6.42. The Bertz CT molecular complexity index is 590. The second-order valence-corrected chi connectivity index (χ2v) is 5.25. The number of rotatable bonds is 5. The zero-order valence-electron chi connectivity index (χ0n) is 11.0. The Balaban J connectivity index is 2.47. The first kappa shape index (κ1) is 15.1. The molecule has 106 valence electrons. The third-order valence-corrected chi connectivity index (χ3v) is 3.56. The summed E-state index contributed by atoms with van der Waals surface area (Å²) in [6.07, 6.45) is 2.37. The highest BCUT2D eigenvalue weighted by Crippen LogP contribution is 2.28. The first-order chi connectivity index (χ1) is 9.65. The molecule has 0 aliphatic heterocycles. The van der Waals surface area contributed by atoms with E-state index in [1.54, 1.807) is 18.2 Å². The molecule has 0 spiro atoms. The maximum Gasteiger partial charge on any atom is 0.146 e. The molecule has 1 atom stereocenters. The minimum absolute atomic E-state index is 0.206. The summed E-state index contributed by atoms with van der Waals surface area (Å²) in [5.41, 5.74) is 0.586. The minimum atomic E-state index is -0.603. The van der Waals surface area contributed by atoms with Gasteiger partial charge in [-0.05, 0) is 47.1 Å². The van der Waals surface area contributed by atoms with E-state index in [4.69, 9.17) is 0 Å². The van der Waals surface area contributed by atoms with Gasteiger partial charge in [-0.3, -0.25) is 4.98 Å². The average Bonchev–Trinajstić information content (AvgIpc) is 2.45. The molecule has 1 unspecified atom stereocenters. The molecule has 5 heteroatoms. The predicted octanol–water partition coefficient (Wildman–Crippen LogP) is 4.21. The van der Waals surface area contributed by atoms with Crippen LogP contribution in [0.3, 0.4) is 0 Å². The summed E-state index contributed by atoms with van der Waals surface area (Å²) in [6.45, 7) is 2.64. The van der Waals surface area contributed by atoms with Crippen LogP contribution in [0.25, 0.3) is 0 Å². The molecule has 1 heterocycles. The lowest BCUT2D eigenvalue weighted by Crippen LogP contribution is -2.26. The highest BCUT2D eigenvalue weighted by molar-refractivity contribution is 9.10. The molecule has 0 bridgehead atoms. The van der Waals surface area contributed by atoms with Crippen molar-refractivity contribution < 1.29 is 8.78 Å². The Kier molecular flexibility index (Phi) is 5.20. The quantitative estimate of drug-likeness (QED) is 0.881. The number of hydrogen-bond donors (Lipinski definition) is 1. The standard InChI is InChI=1S/C15H15BrF2N2/c1-2-8-19-14(15-12(17)7-4-9-20-15)10-5-3-6-11(16)13(10)18/h3-7,9,14,19H,2,8H2,1H3. The number of pyridine rings is 1. The maximum absolute atomic E-state index is 14.3. The fourth-order valence-corrected chi connectivity index (χ4v) is 2.38. The molecular formula is C15H15BrF2N2. The van der Waals surface area contributed by atoms with Crippen LogP contribution in [0.4, 0.5) is 8.78 Å². The molecule has 0 fully saturated rings. The Morgan fingerprint density at radius 1 is 1.25 bits per heavy atom. The lowest BCUT2D eigenvalue weighted by Gasteiger charge is -2.20. The number of benzene rings is 1. The molecule has 0 saturated carbocycles. The van der Waals surface area contributed by atoms with Crippen molar-refractivity contribution in [2.75, 3.05) is 6.54 Å². The monoisotopic (exact) mass is 340 g/mol. The van der Waals surface area contributed by atoms with Crippen LogP contribution < -0.4 is 5.32 Å². The molecule has 2 rings (SSSR count). The van der Waals surface area contributed by atoms with Gasteiger partial charge in [0, 0.05) is 11.8 Å². The molecule has 2 nitrogen and oxygen atoms in total. The van der Waals surface area contributed by atoms with E-state index in [0.29, 0.717) is 16.6 Å². The smallest absolute Gasteiger partial charge is 0.146 e. The maximum atomic E-state index is 14.3. The van der Waals surface area contributed by atoms with Gasteiger partial charge >= 0.3 is 0 Å². The molecule has 0 amide bonds. The first-order valence-corrected chi connectivity index (χ1v) is 7.22. The van der Waals surface area contributed by atoms with Gasteiger partial charge in [0.15, 0.2) is 0 Å². The Hall–Kier alpha value is -1.33. The number of halogens is 3. The van der Waals surface area contributed by atoms with E-state index < -0.39 is 17.7 Å². The van der Waals surface area contributed by atoms with Crippen LogP contribution in [-0.4, -0.2) is 11.5 Å². The van der Waals surface area contributed by atoms with Gasteiger partial charge in [-0.15, -0.1) is 0 Å². The van der Waals surface area contributed by atoms with Crippen molar-refractivity contribution >= 4 is 15.9 Å². The third-order valence-electron chi connectivity index (χ3n) is 2.95. The molecular weight excluding hydrogens is 326 g/mol. The summed E-state index contributed by atoms with van der Waals surface area (Å²) < 4.78 is 28.6. The molecule has 0 aliphatic carbocycles. The Morgan fingerprint density at radius 3 is 2.75 bits per heavy atom. The molecule has 0 saturated heterocycles. The van der Waals surface area contributed by atoms with E-state index >= 15 is 0 Å². The van der Waals surface area contributed by atoms with Crippen molar-refractivity contribution in [1.29, 1.82) is 0 Å². The molecule has 20 heavy (non-hydrogen) atoms. The summed E-state index contributed by atoms with van der Waals surface area (Å²) in [6, 6.07) is 7.23. The zero-order valence-corrected chi connectivity index (χ0v) is 12.6. The van der Waals surface area contributed by atoms with Gasteiger partial charge in [0.05, 0.1) is 16.2 Å². The van der Waals surface area contributed by atoms with Crippen molar-refractivity contribution in [3.8, 4) is 0 Å². The average molecular weight is 341 g/mol. The summed E-state index contributed by atoms with van der Waals surface area (Å²) in [5, 5.41) is 3.15. The van der Waals surface area contributed by atoms with E-state index in [9.17, 15) is 8.78 Å². The fourth-order valence-electron chi connectivity index (χ4n) is 2.00. The van der Waals surface area contributed by atoms with Gasteiger partial charge < -0.3 is 5.32 Å². The lowest BCUT2D eigenvalue weighted by molar-refractivity contribution is 0.507. The summed E-state index contributed by atoms with van der Waals surface area (Å²) >= 11 is 3.16. The number of aromatic nitrogens is 1. The van der Waals surface area contributed by atoms with Gasteiger partial charge in [-0.1, -0.05) is 19.1 Å². The van der Waals surface area contributed by atoms with Gasteiger partial charge in [0.25, 0.3) is 0 Å². The number of hydrogen-bond acceptors (Lipinski definition) is 2. The second-order valence-electron chi connectivity index (χ2n) is 4.40. The largest absolute Gasteiger partial charge is 0.305 e. The van der Waals surface area contributed by atoms with Crippen molar-refractivity contribution in [2.24, 2.45) is 0 Å². The lowest BCUT2D eigenvalue weighted by atomic mass is 10.0. The second kappa shape index (κ2) is 6.90. The number of nitrogens with one attached hydrogen (secondary N) is 1. The molecule has 0 radical (unpaired) electrons. The normalized spacial score (nSPS) is 12.4. The minimum Gasteiger partial charge on any atom is -0.305 e. The highest BCUT2D eigenvalue weighted by atomic mass is 79.9. The van der Waals surface area contributed by atoms with E-state index in [1.165, 1.54) is 18.3 Å².